The van der Waals surface area contributed by atoms with E-state index in [1.165, 1.54) is 12.3 Å². The summed E-state index contributed by atoms with van der Waals surface area (Å²) in [6.45, 7) is 3.61. The summed E-state index contributed by atoms with van der Waals surface area (Å²) < 4.78 is 10.5. The van der Waals surface area contributed by atoms with E-state index in [1.807, 2.05) is 18.2 Å². The summed E-state index contributed by atoms with van der Waals surface area (Å²) in [5.41, 5.74) is 0.581. The van der Waals surface area contributed by atoms with Gasteiger partial charge in [-0.3, -0.25) is 9.59 Å². The molecule has 6 heteroatoms. The fourth-order valence-corrected chi connectivity index (χ4v) is 2.19. The molecule has 0 saturated carbocycles. The minimum Gasteiger partial charge on any atom is -0.466 e. The molecular formula is C17H16ClNO4. The first-order chi connectivity index (χ1) is 11.0. The van der Waals surface area contributed by atoms with Gasteiger partial charge >= 0.3 is 5.97 Å². The van der Waals surface area contributed by atoms with E-state index in [0.29, 0.717) is 11.3 Å². The van der Waals surface area contributed by atoms with Gasteiger partial charge in [0, 0.05) is 17.8 Å². The van der Waals surface area contributed by atoms with Gasteiger partial charge in [-0.05, 0) is 43.1 Å². The van der Waals surface area contributed by atoms with Crippen molar-refractivity contribution in [2.45, 2.75) is 19.8 Å². The number of hydrogen-bond donors (Lipinski definition) is 0. The molecule has 0 N–H and O–H groups in total. The van der Waals surface area contributed by atoms with Crippen LogP contribution in [0.2, 0.25) is 0 Å². The van der Waals surface area contributed by atoms with Gasteiger partial charge in [0.25, 0.3) is 5.24 Å². The van der Waals surface area contributed by atoms with Crippen LogP contribution in [0.1, 0.15) is 35.7 Å². The molecule has 2 aromatic rings. The Kier molecular flexibility index (Phi) is 5.71. The second kappa shape index (κ2) is 7.74. The molecule has 0 bridgehead atoms. The molecule has 0 aliphatic rings. The molecule has 23 heavy (non-hydrogen) atoms. The second-order valence-electron chi connectivity index (χ2n) is 4.77. The number of aromatic nitrogens is 1. The number of carbonyl (C=O) groups is 2. The third-order valence-electron chi connectivity index (χ3n) is 3.19. The number of pyridine rings is 1. The Morgan fingerprint density at radius 2 is 1.96 bits per heavy atom. The molecule has 0 fully saturated rings. The molecule has 0 aliphatic carbocycles. The van der Waals surface area contributed by atoms with Crippen molar-refractivity contribution in [1.29, 1.82) is 0 Å². The number of carbonyl (C=O) groups excluding carboxylic acids is 2. The zero-order chi connectivity index (χ0) is 16.8. The topological polar surface area (TPSA) is 65.5 Å². The maximum atomic E-state index is 11.9. The van der Waals surface area contributed by atoms with Gasteiger partial charge in [0.05, 0.1) is 12.5 Å². The van der Waals surface area contributed by atoms with Crippen molar-refractivity contribution in [1.82, 2.24) is 4.98 Å². The Balaban J connectivity index is 2.31. The first-order valence-corrected chi connectivity index (χ1v) is 7.50. The number of hydrogen-bond acceptors (Lipinski definition) is 5. The van der Waals surface area contributed by atoms with Gasteiger partial charge < -0.3 is 9.47 Å². The summed E-state index contributed by atoms with van der Waals surface area (Å²) in [5, 5.41) is -0.684. The maximum Gasteiger partial charge on any atom is 0.313 e. The molecule has 2 rings (SSSR count). The van der Waals surface area contributed by atoms with Crippen LogP contribution in [-0.2, 0) is 9.53 Å². The van der Waals surface area contributed by atoms with Gasteiger partial charge in [-0.1, -0.05) is 18.2 Å². The lowest BCUT2D eigenvalue weighted by atomic mass is 9.98. The summed E-state index contributed by atoms with van der Waals surface area (Å²) in [5.74, 6) is -0.282. The molecule has 0 amide bonds. The van der Waals surface area contributed by atoms with Gasteiger partial charge in [-0.15, -0.1) is 0 Å². The molecule has 1 aromatic carbocycles. The number of rotatable bonds is 6. The van der Waals surface area contributed by atoms with E-state index in [4.69, 9.17) is 21.1 Å². The molecule has 0 aliphatic heterocycles. The summed E-state index contributed by atoms with van der Waals surface area (Å²) in [7, 11) is 0. The standard InChI is InChI=1S/C17H16ClNO4/c1-3-22-17(21)11(2)14-10-19-15(9-13(14)16(18)20)23-12-7-5-4-6-8-12/h4-11H,3H2,1-2H3. The van der Waals surface area contributed by atoms with Gasteiger partial charge in [0.2, 0.25) is 5.88 Å². The maximum absolute atomic E-state index is 11.9. The fourth-order valence-electron chi connectivity index (χ4n) is 2.02. The molecule has 1 unspecified atom stereocenters. The Morgan fingerprint density at radius 1 is 1.26 bits per heavy atom. The number of para-hydroxylation sites is 1. The Morgan fingerprint density at radius 3 is 2.57 bits per heavy atom. The van der Waals surface area contributed by atoms with Crippen molar-refractivity contribution >= 4 is 22.8 Å². The average molecular weight is 334 g/mol. The first-order valence-electron chi connectivity index (χ1n) is 7.12. The molecule has 0 saturated heterocycles. The second-order valence-corrected chi connectivity index (χ2v) is 5.12. The monoisotopic (exact) mass is 333 g/mol. The predicted molar refractivity (Wildman–Crippen MR) is 86.0 cm³/mol. The number of esters is 1. The van der Waals surface area contributed by atoms with Crippen molar-refractivity contribution in [3.63, 3.8) is 0 Å². The van der Waals surface area contributed by atoms with Crippen molar-refractivity contribution < 1.29 is 19.1 Å². The molecule has 1 aromatic heterocycles. The lowest BCUT2D eigenvalue weighted by Crippen LogP contribution is -2.16. The zero-order valence-electron chi connectivity index (χ0n) is 12.8. The lowest BCUT2D eigenvalue weighted by molar-refractivity contribution is -0.144. The summed E-state index contributed by atoms with van der Waals surface area (Å²) in [6.07, 6.45) is 1.41. The Hall–Kier alpha value is -2.40. The van der Waals surface area contributed by atoms with Crippen LogP contribution in [0.3, 0.4) is 0 Å². The smallest absolute Gasteiger partial charge is 0.313 e. The van der Waals surface area contributed by atoms with Crippen molar-refractivity contribution in [3.05, 3.63) is 53.7 Å². The molecule has 1 atom stereocenters. The molecule has 120 valence electrons. The highest BCUT2D eigenvalue weighted by Gasteiger charge is 2.23. The number of benzene rings is 1. The summed E-state index contributed by atoms with van der Waals surface area (Å²) in [4.78, 5) is 27.7. The normalized spacial score (nSPS) is 11.6. The van der Waals surface area contributed by atoms with E-state index in [-0.39, 0.29) is 18.1 Å². The number of ether oxygens (including phenoxy) is 2. The van der Waals surface area contributed by atoms with E-state index in [2.05, 4.69) is 4.98 Å². The number of nitrogens with zero attached hydrogens (tertiary/aromatic N) is 1. The zero-order valence-corrected chi connectivity index (χ0v) is 13.5. The molecule has 0 radical (unpaired) electrons. The quantitative estimate of drug-likeness (QED) is 0.592. The van der Waals surface area contributed by atoms with Crippen LogP contribution in [0.4, 0.5) is 0 Å². The Bertz CT molecular complexity index is 703. The van der Waals surface area contributed by atoms with Crippen LogP contribution in [0.15, 0.2) is 42.6 Å². The van der Waals surface area contributed by atoms with Crippen molar-refractivity contribution in [3.8, 4) is 11.6 Å². The van der Waals surface area contributed by atoms with E-state index < -0.39 is 17.1 Å². The van der Waals surface area contributed by atoms with E-state index >= 15 is 0 Å². The van der Waals surface area contributed by atoms with Crippen molar-refractivity contribution in [2.75, 3.05) is 6.61 Å². The highest BCUT2D eigenvalue weighted by atomic mass is 35.5. The van der Waals surface area contributed by atoms with Crippen LogP contribution in [0, 0.1) is 0 Å². The van der Waals surface area contributed by atoms with E-state index in [9.17, 15) is 9.59 Å². The number of halogens is 1. The summed E-state index contributed by atoms with van der Waals surface area (Å²) >= 11 is 5.63. The van der Waals surface area contributed by atoms with Crippen LogP contribution in [-0.4, -0.2) is 22.8 Å². The minimum atomic E-state index is -0.684. The molecule has 1 heterocycles. The van der Waals surface area contributed by atoms with E-state index in [0.717, 1.165) is 0 Å². The van der Waals surface area contributed by atoms with Gasteiger partial charge in [-0.25, -0.2) is 4.98 Å². The van der Waals surface area contributed by atoms with Crippen LogP contribution in [0.5, 0.6) is 11.6 Å². The average Bonchev–Trinajstić information content (AvgIpc) is 2.55. The van der Waals surface area contributed by atoms with Crippen LogP contribution in [0.25, 0.3) is 0 Å². The lowest BCUT2D eigenvalue weighted by Gasteiger charge is -2.14. The van der Waals surface area contributed by atoms with Gasteiger partial charge in [0.1, 0.15) is 5.75 Å². The van der Waals surface area contributed by atoms with Crippen molar-refractivity contribution in [2.24, 2.45) is 0 Å². The fraction of sp³-hybridized carbons (Fsp3) is 0.235. The van der Waals surface area contributed by atoms with Gasteiger partial charge in [0.15, 0.2) is 0 Å². The minimum absolute atomic E-state index is 0.174. The molecule has 5 nitrogen and oxygen atoms in total. The third-order valence-corrected chi connectivity index (χ3v) is 3.40. The molecular weight excluding hydrogens is 318 g/mol. The van der Waals surface area contributed by atoms with Gasteiger partial charge in [-0.2, -0.15) is 0 Å². The van der Waals surface area contributed by atoms with E-state index in [1.54, 1.807) is 26.0 Å². The summed E-state index contributed by atoms with van der Waals surface area (Å²) in [6, 6.07) is 10.4. The molecule has 0 spiro atoms. The SMILES string of the molecule is CCOC(=O)C(C)c1cnc(Oc2ccccc2)cc1C(=O)Cl. The highest BCUT2D eigenvalue weighted by Crippen LogP contribution is 2.27. The largest absolute Gasteiger partial charge is 0.466 e. The van der Waals surface area contributed by atoms with Crippen LogP contribution >= 0.6 is 11.6 Å². The Labute approximate surface area is 139 Å². The highest BCUT2D eigenvalue weighted by molar-refractivity contribution is 6.68. The van der Waals surface area contributed by atoms with Crippen LogP contribution < -0.4 is 4.74 Å². The first kappa shape index (κ1) is 17.0. The third kappa shape index (κ3) is 4.29. The predicted octanol–water partition coefficient (Wildman–Crippen LogP) is 3.92.